The second kappa shape index (κ2) is 12.4. The summed E-state index contributed by atoms with van der Waals surface area (Å²) in [6.07, 6.45) is 4.55. The zero-order valence-corrected chi connectivity index (χ0v) is 17.9. The lowest BCUT2D eigenvalue weighted by atomic mass is 9.98. The SMILES string of the molecule is CN(CCN1CCCC(CNC(=O)C2CCCN2)C1)c1ccccc1.Cl.Cl. The minimum atomic E-state index is 0. The molecule has 2 atom stereocenters. The Kier molecular flexibility index (Phi) is 11.1. The molecule has 3 rings (SSSR count). The maximum absolute atomic E-state index is 12.1. The Morgan fingerprint density at radius 2 is 2.00 bits per heavy atom. The quantitative estimate of drug-likeness (QED) is 0.716. The molecule has 0 spiro atoms. The van der Waals surface area contributed by atoms with Crippen LogP contribution in [0.1, 0.15) is 25.7 Å². The molecule has 2 aliphatic heterocycles. The minimum Gasteiger partial charge on any atom is -0.373 e. The molecule has 2 heterocycles. The summed E-state index contributed by atoms with van der Waals surface area (Å²) in [5, 5.41) is 6.44. The topological polar surface area (TPSA) is 47.6 Å². The van der Waals surface area contributed by atoms with Crippen LogP contribution in [-0.2, 0) is 4.79 Å². The molecule has 5 nitrogen and oxygen atoms in total. The molecular formula is C20H34Cl2N4O. The van der Waals surface area contributed by atoms with Gasteiger partial charge in [-0.15, -0.1) is 24.8 Å². The molecule has 154 valence electrons. The van der Waals surface area contributed by atoms with Crippen LogP contribution in [0.4, 0.5) is 5.69 Å². The van der Waals surface area contributed by atoms with E-state index >= 15 is 0 Å². The Bertz CT molecular complexity index is 540. The smallest absolute Gasteiger partial charge is 0.237 e. The second-order valence-corrected chi connectivity index (χ2v) is 7.46. The molecule has 7 heteroatoms. The van der Waals surface area contributed by atoms with Crippen molar-refractivity contribution in [1.29, 1.82) is 0 Å². The molecule has 0 aliphatic carbocycles. The number of likely N-dealkylation sites (tertiary alicyclic amines) is 1. The van der Waals surface area contributed by atoms with E-state index in [2.05, 4.69) is 57.8 Å². The molecule has 2 N–H and O–H groups in total. The van der Waals surface area contributed by atoms with Gasteiger partial charge < -0.3 is 20.4 Å². The van der Waals surface area contributed by atoms with E-state index in [0.717, 1.165) is 45.6 Å². The van der Waals surface area contributed by atoms with Crippen molar-refractivity contribution in [2.24, 2.45) is 5.92 Å². The molecule has 1 aromatic rings. The standard InChI is InChI=1S/C20H32N4O.2ClH/c1-23(18-8-3-2-4-9-18)13-14-24-12-6-7-17(16-24)15-22-20(25)19-10-5-11-21-19;;/h2-4,8-9,17,19,21H,5-7,10-16H2,1H3,(H,22,25);2*1H. The Balaban J connectivity index is 0.00000182. The van der Waals surface area contributed by atoms with Crippen molar-refractivity contribution in [3.05, 3.63) is 30.3 Å². The number of para-hydroxylation sites is 1. The van der Waals surface area contributed by atoms with Gasteiger partial charge in [0, 0.05) is 38.9 Å². The van der Waals surface area contributed by atoms with E-state index in [-0.39, 0.29) is 36.8 Å². The number of hydrogen-bond acceptors (Lipinski definition) is 4. The van der Waals surface area contributed by atoms with Gasteiger partial charge in [-0.3, -0.25) is 4.79 Å². The number of amides is 1. The maximum atomic E-state index is 12.1. The van der Waals surface area contributed by atoms with Gasteiger partial charge in [0.25, 0.3) is 0 Å². The fourth-order valence-corrected chi connectivity index (χ4v) is 3.90. The van der Waals surface area contributed by atoms with Gasteiger partial charge in [-0.25, -0.2) is 0 Å². The van der Waals surface area contributed by atoms with Crippen molar-refractivity contribution in [2.45, 2.75) is 31.7 Å². The summed E-state index contributed by atoms with van der Waals surface area (Å²) >= 11 is 0. The summed E-state index contributed by atoms with van der Waals surface area (Å²) in [5.74, 6) is 0.777. The number of piperidine rings is 1. The van der Waals surface area contributed by atoms with Crippen LogP contribution in [0.25, 0.3) is 0 Å². The molecule has 0 bridgehead atoms. The lowest BCUT2D eigenvalue weighted by Crippen LogP contribution is -2.46. The number of benzene rings is 1. The Hall–Kier alpha value is -1.01. The summed E-state index contributed by atoms with van der Waals surface area (Å²) < 4.78 is 0. The van der Waals surface area contributed by atoms with E-state index in [1.807, 2.05) is 0 Å². The van der Waals surface area contributed by atoms with Crippen molar-refractivity contribution in [3.63, 3.8) is 0 Å². The molecule has 1 amide bonds. The van der Waals surface area contributed by atoms with Crippen LogP contribution in [0.3, 0.4) is 0 Å². The molecule has 2 aliphatic rings. The fourth-order valence-electron chi connectivity index (χ4n) is 3.90. The zero-order valence-electron chi connectivity index (χ0n) is 16.2. The highest BCUT2D eigenvalue weighted by atomic mass is 35.5. The van der Waals surface area contributed by atoms with E-state index in [1.54, 1.807) is 0 Å². The van der Waals surface area contributed by atoms with E-state index in [9.17, 15) is 4.79 Å². The van der Waals surface area contributed by atoms with Crippen LogP contribution in [-0.4, -0.2) is 63.2 Å². The average Bonchev–Trinajstić information content (AvgIpc) is 3.20. The van der Waals surface area contributed by atoms with Gasteiger partial charge in [0.15, 0.2) is 0 Å². The molecule has 2 fully saturated rings. The normalized spacial score (nSPS) is 22.4. The number of nitrogens with zero attached hydrogens (tertiary/aromatic N) is 2. The Labute approximate surface area is 176 Å². The summed E-state index contributed by atoms with van der Waals surface area (Å²) in [4.78, 5) is 17.0. The number of rotatable bonds is 7. The number of anilines is 1. The third-order valence-electron chi connectivity index (χ3n) is 5.49. The summed E-state index contributed by atoms with van der Waals surface area (Å²) in [6, 6.07) is 10.6. The predicted octanol–water partition coefficient (Wildman–Crippen LogP) is 2.55. The Morgan fingerprint density at radius 1 is 1.22 bits per heavy atom. The number of likely N-dealkylation sites (N-methyl/N-ethyl adjacent to an activating group) is 1. The van der Waals surface area contributed by atoms with Crippen molar-refractivity contribution in [3.8, 4) is 0 Å². The third-order valence-corrected chi connectivity index (χ3v) is 5.49. The first-order valence-corrected chi connectivity index (χ1v) is 9.72. The van der Waals surface area contributed by atoms with Gasteiger partial charge >= 0.3 is 0 Å². The molecule has 2 unspecified atom stereocenters. The van der Waals surface area contributed by atoms with Gasteiger partial charge in [-0.1, -0.05) is 18.2 Å². The van der Waals surface area contributed by atoms with Crippen LogP contribution in [0.15, 0.2) is 30.3 Å². The van der Waals surface area contributed by atoms with Crippen LogP contribution >= 0.6 is 24.8 Å². The number of halogens is 2. The van der Waals surface area contributed by atoms with Gasteiger partial charge in [0.1, 0.15) is 0 Å². The lowest BCUT2D eigenvalue weighted by molar-refractivity contribution is -0.123. The number of carbonyl (C=O) groups is 1. The Morgan fingerprint density at radius 3 is 2.70 bits per heavy atom. The van der Waals surface area contributed by atoms with Crippen molar-refractivity contribution in [1.82, 2.24) is 15.5 Å². The third kappa shape index (κ3) is 7.49. The number of carbonyl (C=O) groups excluding carboxylic acids is 1. The van der Waals surface area contributed by atoms with Crippen molar-refractivity contribution in [2.75, 3.05) is 51.2 Å². The molecule has 0 radical (unpaired) electrons. The number of nitrogens with one attached hydrogen (secondary N) is 2. The van der Waals surface area contributed by atoms with Gasteiger partial charge in [0.2, 0.25) is 5.91 Å². The van der Waals surface area contributed by atoms with E-state index in [4.69, 9.17) is 0 Å². The molecule has 0 aromatic heterocycles. The van der Waals surface area contributed by atoms with Crippen molar-refractivity contribution < 1.29 is 4.79 Å². The molecule has 27 heavy (non-hydrogen) atoms. The van der Waals surface area contributed by atoms with Crippen LogP contribution in [0.5, 0.6) is 0 Å². The largest absolute Gasteiger partial charge is 0.373 e. The van der Waals surface area contributed by atoms with Crippen LogP contribution in [0.2, 0.25) is 0 Å². The highest BCUT2D eigenvalue weighted by Crippen LogP contribution is 2.17. The molecular weight excluding hydrogens is 383 g/mol. The lowest BCUT2D eigenvalue weighted by Gasteiger charge is -2.34. The summed E-state index contributed by atoms with van der Waals surface area (Å²) in [6.45, 7) is 6.19. The zero-order chi connectivity index (χ0) is 17.5. The predicted molar refractivity (Wildman–Crippen MR) is 117 cm³/mol. The monoisotopic (exact) mass is 416 g/mol. The second-order valence-electron chi connectivity index (χ2n) is 7.46. The van der Waals surface area contributed by atoms with E-state index in [0.29, 0.717) is 5.92 Å². The summed E-state index contributed by atoms with van der Waals surface area (Å²) in [5.41, 5.74) is 1.27. The van der Waals surface area contributed by atoms with Gasteiger partial charge in [-0.2, -0.15) is 0 Å². The molecule has 2 saturated heterocycles. The minimum absolute atomic E-state index is 0. The highest BCUT2D eigenvalue weighted by molar-refractivity contribution is 5.85. The molecule has 0 saturated carbocycles. The number of hydrogen-bond donors (Lipinski definition) is 2. The van der Waals surface area contributed by atoms with Gasteiger partial charge in [0.05, 0.1) is 6.04 Å². The van der Waals surface area contributed by atoms with Crippen LogP contribution < -0.4 is 15.5 Å². The van der Waals surface area contributed by atoms with Crippen LogP contribution in [0, 0.1) is 5.92 Å². The first kappa shape index (κ1) is 24.0. The van der Waals surface area contributed by atoms with Gasteiger partial charge in [-0.05, 0) is 56.8 Å². The first-order valence-electron chi connectivity index (χ1n) is 9.72. The van der Waals surface area contributed by atoms with E-state index < -0.39 is 0 Å². The first-order chi connectivity index (χ1) is 12.2. The van der Waals surface area contributed by atoms with E-state index in [1.165, 1.54) is 25.1 Å². The average molecular weight is 417 g/mol. The fraction of sp³-hybridized carbons (Fsp3) is 0.650. The maximum Gasteiger partial charge on any atom is 0.237 e. The molecule has 1 aromatic carbocycles. The summed E-state index contributed by atoms with van der Waals surface area (Å²) in [7, 11) is 2.16. The van der Waals surface area contributed by atoms with Crippen molar-refractivity contribution >= 4 is 36.4 Å². The highest BCUT2D eigenvalue weighted by Gasteiger charge is 2.24.